The molecule has 2 aliphatic heterocycles. The van der Waals surface area contributed by atoms with Crippen molar-refractivity contribution in [3.05, 3.63) is 105 Å². The zero-order chi connectivity index (χ0) is 39.5. The van der Waals surface area contributed by atoms with E-state index in [2.05, 4.69) is 15.6 Å². The van der Waals surface area contributed by atoms with E-state index in [4.69, 9.17) is 32.9 Å². The van der Waals surface area contributed by atoms with Crippen molar-refractivity contribution in [1.29, 1.82) is 0 Å². The van der Waals surface area contributed by atoms with Crippen LogP contribution in [0.25, 0.3) is 39.2 Å². The fourth-order valence-electron chi connectivity index (χ4n) is 7.37. The van der Waals surface area contributed by atoms with Crippen LogP contribution in [-0.4, -0.2) is 86.0 Å². The third kappa shape index (κ3) is 8.20. The summed E-state index contributed by atoms with van der Waals surface area (Å²) >= 11 is 14.2. The summed E-state index contributed by atoms with van der Waals surface area (Å²) in [4.78, 5) is 61.2. The number of piperidine rings is 1. The van der Waals surface area contributed by atoms with Gasteiger partial charge in [0, 0.05) is 91.8 Å². The van der Waals surface area contributed by atoms with Crippen LogP contribution in [0.2, 0.25) is 10.0 Å². The van der Waals surface area contributed by atoms with Crippen LogP contribution >= 0.6 is 23.2 Å². The highest BCUT2D eigenvalue weighted by Crippen LogP contribution is 2.42. The van der Waals surface area contributed by atoms with Crippen molar-refractivity contribution >= 4 is 46.8 Å². The molecule has 5 aromatic rings. The van der Waals surface area contributed by atoms with Crippen LogP contribution in [-0.2, 0) is 22.7 Å². The Hall–Kier alpha value is -5.50. The molecule has 0 spiro atoms. The SMILES string of the molecule is COc1nc(-c2cccc(-c3cccc(-c4ccn5c(=O)c(CNC6CCN(C(C)=O)CC6)cnc5c4)c3Cl)c2Cl)ccc1CN(C[C@@H]1CCC(=O)N1)C(=O)O. The van der Waals surface area contributed by atoms with Crippen molar-refractivity contribution in [3.8, 4) is 39.4 Å². The summed E-state index contributed by atoms with van der Waals surface area (Å²) in [5.74, 6) is 0.256. The Labute approximate surface area is 333 Å². The molecule has 3 amide bonds. The van der Waals surface area contributed by atoms with Crippen LogP contribution in [0.1, 0.15) is 43.7 Å². The molecule has 2 saturated heterocycles. The topological polar surface area (TPSA) is 158 Å². The Morgan fingerprint density at radius 1 is 0.964 bits per heavy atom. The number of carbonyl (C=O) groups is 3. The van der Waals surface area contributed by atoms with Crippen molar-refractivity contribution in [2.45, 2.75) is 57.8 Å². The minimum absolute atomic E-state index is 0.0229. The monoisotopic (exact) mass is 797 g/mol. The predicted octanol–water partition coefficient (Wildman–Crippen LogP) is 6.27. The number of rotatable bonds is 11. The fourth-order valence-corrected chi connectivity index (χ4v) is 8.03. The van der Waals surface area contributed by atoms with Crippen LogP contribution in [0, 0.1) is 0 Å². The maximum atomic E-state index is 13.4. The van der Waals surface area contributed by atoms with E-state index < -0.39 is 6.09 Å². The van der Waals surface area contributed by atoms with Gasteiger partial charge in [0.25, 0.3) is 5.56 Å². The molecule has 3 aromatic heterocycles. The molecular weight excluding hydrogens is 757 g/mol. The third-order valence-corrected chi connectivity index (χ3v) is 11.3. The van der Waals surface area contributed by atoms with Gasteiger partial charge in [0.15, 0.2) is 0 Å². The number of halogens is 2. The lowest BCUT2D eigenvalue weighted by atomic mass is 9.97. The van der Waals surface area contributed by atoms with Crippen LogP contribution in [0.4, 0.5) is 4.79 Å². The highest BCUT2D eigenvalue weighted by molar-refractivity contribution is 6.39. The molecule has 5 heterocycles. The summed E-state index contributed by atoms with van der Waals surface area (Å²) < 4.78 is 7.13. The van der Waals surface area contributed by atoms with Gasteiger partial charge in [0.2, 0.25) is 17.7 Å². The minimum atomic E-state index is -1.11. The van der Waals surface area contributed by atoms with E-state index in [1.54, 1.807) is 31.5 Å². The van der Waals surface area contributed by atoms with Crippen molar-refractivity contribution in [2.75, 3.05) is 26.7 Å². The maximum Gasteiger partial charge on any atom is 0.407 e. The molecule has 3 N–H and O–H groups in total. The summed E-state index contributed by atoms with van der Waals surface area (Å²) in [6.07, 6.45) is 4.82. The van der Waals surface area contributed by atoms with Gasteiger partial charge >= 0.3 is 6.09 Å². The van der Waals surface area contributed by atoms with Gasteiger partial charge in [0.05, 0.1) is 35.0 Å². The quantitative estimate of drug-likeness (QED) is 0.140. The molecule has 290 valence electrons. The number of carboxylic acid groups (broad SMARTS) is 1. The van der Waals surface area contributed by atoms with Gasteiger partial charge in [-0.15, -0.1) is 0 Å². The van der Waals surface area contributed by atoms with Crippen LogP contribution in [0.5, 0.6) is 5.88 Å². The first-order chi connectivity index (χ1) is 27.0. The Balaban J connectivity index is 1.11. The Morgan fingerprint density at radius 3 is 2.32 bits per heavy atom. The molecule has 0 radical (unpaired) electrons. The first-order valence-electron chi connectivity index (χ1n) is 18.4. The van der Waals surface area contributed by atoms with E-state index in [9.17, 15) is 24.3 Å². The van der Waals surface area contributed by atoms with Gasteiger partial charge in [-0.1, -0.05) is 59.6 Å². The van der Waals surface area contributed by atoms with Crippen LogP contribution < -0.4 is 20.9 Å². The van der Waals surface area contributed by atoms with Gasteiger partial charge < -0.3 is 30.3 Å². The van der Waals surface area contributed by atoms with E-state index in [0.717, 1.165) is 24.0 Å². The highest BCUT2D eigenvalue weighted by Gasteiger charge is 2.27. The zero-order valence-corrected chi connectivity index (χ0v) is 32.4. The van der Waals surface area contributed by atoms with Gasteiger partial charge in [-0.25, -0.2) is 14.8 Å². The smallest absolute Gasteiger partial charge is 0.407 e. The van der Waals surface area contributed by atoms with Crippen molar-refractivity contribution < 1.29 is 24.2 Å². The number of nitrogens with zero attached hydrogens (tertiary/aromatic N) is 5. The Morgan fingerprint density at radius 2 is 1.66 bits per heavy atom. The lowest BCUT2D eigenvalue weighted by Gasteiger charge is -2.31. The summed E-state index contributed by atoms with van der Waals surface area (Å²) in [7, 11) is 1.47. The Kier molecular flexibility index (Phi) is 11.6. The number of benzene rings is 2. The lowest BCUT2D eigenvalue weighted by molar-refractivity contribution is -0.130. The second kappa shape index (κ2) is 16.7. The van der Waals surface area contributed by atoms with Crippen molar-refractivity contribution in [3.63, 3.8) is 0 Å². The number of amides is 3. The average molecular weight is 799 g/mol. The molecule has 0 saturated carbocycles. The summed E-state index contributed by atoms with van der Waals surface area (Å²) in [6.45, 7) is 3.55. The number of fused-ring (bicyclic) bond motifs is 1. The van der Waals surface area contributed by atoms with Gasteiger partial charge in [0.1, 0.15) is 5.65 Å². The first-order valence-corrected chi connectivity index (χ1v) is 19.1. The second-order valence-corrected chi connectivity index (χ2v) is 14.8. The number of methoxy groups -OCH3 is 1. The van der Waals surface area contributed by atoms with Crippen LogP contribution in [0.15, 0.2) is 77.9 Å². The highest BCUT2D eigenvalue weighted by atomic mass is 35.5. The van der Waals surface area contributed by atoms with E-state index in [0.29, 0.717) is 81.7 Å². The Bertz CT molecular complexity index is 2380. The van der Waals surface area contributed by atoms with Gasteiger partial charge in [-0.3, -0.25) is 18.8 Å². The largest absolute Gasteiger partial charge is 0.481 e. The summed E-state index contributed by atoms with van der Waals surface area (Å²) in [5.41, 5.74) is 5.46. The first kappa shape index (κ1) is 38.8. The molecule has 0 unspecified atom stereocenters. The molecule has 7 rings (SSSR count). The molecule has 0 aliphatic carbocycles. The van der Waals surface area contributed by atoms with E-state index in [1.165, 1.54) is 16.4 Å². The fraction of sp³-hybridized carbons (Fsp3) is 0.317. The molecular formula is C41H41Cl2N7O6. The summed E-state index contributed by atoms with van der Waals surface area (Å²) in [5, 5.41) is 17.0. The van der Waals surface area contributed by atoms with Crippen molar-refractivity contribution in [1.82, 2.24) is 34.8 Å². The van der Waals surface area contributed by atoms with E-state index >= 15 is 0 Å². The van der Waals surface area contributed by atoms with Gasteiger partial charge in [-0.2, -0.15) is 0 Å². The number of hydrogen-bond acceptors (Lipinski definition) is 8. The maximum absolute atomic E-state index is 13.4. The number of carbonyl (C=O) groups excluding carboxylic acids is 2. The summed E-state index contributed by atoms with van der Waals surface area (Å²) in [6, 6.07) is 18.4. The molecule has 15 heteroatoms. The van der Waals surface area contributed by atoms with E-state index in [-0.39, 0.29) is 48.4 Å². The molecule has 13 nitrogen and oxygen atoms in total. The molecule has 2 aliphatic rings. The van der Waals surface area contributed by atoms with E-state index in [1.807, 2.05) is 53.4 Å². The molecule has 0 bridgehead atoms. The molecule has 1 atom stereocenters. The molecule has 2 aromatic carbocycles. The van der Waals surface area contributed by atoms with Gasteiger partial charge in [-0.05, 0) is 49.1 Å². The molecule has 2 fully saturated rings. The zero-order valence-electron chi connectivity index (χ0n) is 30.9. The number of ether oxygens (including phenoxy) is 1. The molecule has 56 heavy (non-hydrogen) atoms. The van der Waals surface area contributed by atoms with Crippen LogP contribution in [0.3, 0.4) is 0 Å². The standard InChI is InChI=1S/C41H41Cl2N7O6/c1-24(51)48-16-14-28(15-17-48)44-20-27-21-45-35-19-25(13-18-50(35)40(27)53)30-5-3-6-31(37(30)42)32-7-4-8-33(38(32)43)34-11-9-26(39(47-34)56-2)22-49(41(54)55)23-29-10-12-36(52)46-29/h3-9,11,13,18-19,21,28-29,44H,10,12,14-17,20,22-23H2,1-2H3,(H,46,52)(H,54,55)/t29-/m0/s1. The number of hydrogen-bond donors (Lipinski definition) is 3. The average Bonchev–Trinajstić information content (AvgIpc) is 3.62. The van der Waals surface area contributed by atoms with Crippen molar-refractivity contribution in [2.24, 2.45) is 0 Å². The number of nitrogens with one attached hydrogen (secondary N) is 2. The lowest BCUT2D eigenvalue weighted by Crippen LogP contribution is -2.44. The number of pyridine rings is 2. The second-order valence-electron chi connectivity index (χ2n) is 14.1. The number of likely N-dealkylation sites (tertiary alicyclic amines) is 1. The predicted molar refractivity (Wildman–Crippen MR) is 214 cm³/mol. The third-order valence-electron chi connectivity index (χ3n) is 10.5. The number of aromatic nitrogens is 3. The minimum Gasteiger partial charge on any atom is -0.481 e. The normalized spacial score (nSPS) is 15.9.